The molecule has 0 aromatic rings. The first-order chi connectivity index (χ1) is 8.76. The second-order valence-electron chi connectivity index (χ2n) is 5.01. The van der Waals surface area contributed by atoms with Crippen LogP contribution in [0.5, 0.6) is 0 Å². The number of hydrogen-bond acceptors (Lipinski definition) is 4. The van der Waals surface area contributed by atoms with E-state index in [4.69, 9.17) is 15.3 Å². The predicted molar refractivity (Wildman–Crippen MR) is 56.2 cm³/mol. The fourth-order valence-corrected chi connectivity index (χ4v) is 3.37. The quantitative estimate of drug-likeness (QED) is 0.527. The second kappa shape index (κ2) is 3.94. The monoisotopic (exact) mass is 272 g/mol. The largest absolute Gasteiger partial charge is 0.481 e. The van der Waals surface area contributed by atoms with Crippen LogP contribution in [0.1, 0.15) is 12.8 Å². The van der Waals surface area contributed by atoms with E-state index in [0.29, 0.717) is 12.8 Å². The fraction of sp³-hybridized carbons (Fsp3) is 0.636. The highest BCUT2D eigenvalue weighted by Crippen LogP contribution is 2.66. The molecule has 2 fully saturated rings. The van der Waals surface area contributed by atoms with Gasteiger partial charge >= 0.3 is 23.9 Å². The number of carbonyl (C=O) groups is 4. The highest BCUT2D eigenvalue weighted by molar-refractivity contribution is 5.99. The lowest BCUT2D eigenvalue weighted by molar-refractivity contribution is -0.216. The van der Waals surface area contributed by atoms with Crippen molar-refractivity contribution < 1.29 is 39.6 Å². The van der Waals surface area contributed by atoms with Crippen molar-refractivity contribution in [1.29, 1.82) is 0 Å². The van der Waals surface area contributed by atoms with E-state index in [1.54, 1.807) is 0 Å². The molecule has 0 radical (unpaired) electrons. The molecule has 0 saturated heterocycles. The summed E-state index contributed by atoms with van der Waals surface area (Å²) in [4.78, 5) is 44.9. The van der Waals surface area contributed by atoms with E-state index in [2.05, 4.69) is 0 Å². The first-order valence-electron chi connectivity index (χ1n) is 5.68. The lowest BCUT2D eigenvalue weighted by Crippen LogP contribution is -2.69. The van der Waals surface area contributed by atoms with Crippen molar-refractivity contribution in [3.8, 4) is 0 Å². The first-order valence-corrected chi connectivity index (χ1v) is 5.68. The van der Waals surface area contributed by atoms with Crippen molar-refractivity contribution in [3.63, 3.8) is 0 Å². The topological polar surface area (TPSA) is 149 Å². The zero-order valence-electron chi connectivity index (χ0n) is 9.65. The van der Waals surface area contributed by atoms with Crippen molar-refractivity contribution in [2.45, 2.75) is 12.8 Å². The van der Waals surface area contributed by atoms with Crippen LogP contribution in [-0.4, -0.2) is 44.3 Å². The standard InChI is InChI=1S/C11H12O8/c12-7(13)4-5(8(14)15)11(10(18)19,3-1-2-3)6(4)9(16)17/h3-6H,1-2H2,(H,12,13)(H,14,15)(H,16,17)(H,18,19). The third-order valence-electron chi connectivity index (χ3n) is 4.19. The molecule has 2 aliphatic carbocycles. The van der Waals surface area contributed by atoms with Crippen molar-refractivity contribution in [2.24, 2.45) is 29.1 Å². The van der Waals surface area contributed by atoms with Crippen LogP contribution in [0.25, 0.3) is 0 Å². The summed E-state index contributed by atoms with van der Waals surface area (Å²) in [7, 11) is 0. The smallest absolute Gasteiger partial charge is 0.311 e. The molecule has 0 heterocycles. The van der Waals surface area contributed by atoms with Gasteiger partial charge in [-0.1, -0.05) is 0 Å². The molecule has 0 aromatic heterocycles. The fourth-order valence-electron chi connectivity index (χ4n) is 3.37. The molecule has 19 heavy (non-hydrogen) atoms. The Labute approximate surface area is 106 Å². The van der Waals surface area contributed by atoms with Crippen LogP contribution in [0.3, 0.4) is 0 Å². The number of aliphatic carboxylic acids is 4. The van der Waals surface area contributed by atoms with Crippen LogP contribution in [0.4, 0.5) is 0 Å². The predicted octanol–water partition coefficient (Wildman–Crippen LogP) is -0.417. The van der Waals surface area contributed by atoms with Gasteiger partial charge in [0.15, 0.2) is 0 Å². The zero-order valence-corrected chi connectivity index (χ0v) is 9.65. The maximum atomic E-state index is 11.5. The van der Waals surface area contributed by atoms with Gasteiger partial charge in [-0.05, 0) is 18.8 Å². The highest BCUT2D eigenvalue weighted by Gasteiger charge is 2.78. The average molecular weight is 272 g/mol. The summed E-state index contributed by atoms with van der Waals surface area (Å²) in [5.41, 5.74) is -2.00. The van der Waals surface area contributed by atoms with Gasteiger partial charge in [-0.15, -0.1) is 0 Å². The minimum absolute atomic E-state index is 0.409. The Morgan fingerprint density at radius 2 is 1.21 bits per heavy atom. The molecule has 2 rings (SSSR count). The van der Waals surface area contributed by atoms with Gasteiger partial charge in [-0.25, -0.2) is 0 Å². The molecular formula is C11H12O8. The Kier molecular flexibility index (Phi) is 2.76. The SMILES string of the molecule is O=C(O)C1C(C(=O)O)C(C(=O)O)(C2CC2)C1C(=O)O. The van der Waals surface area contributed by atoms with E-state index < -0.39 is 53.0 Å². The molecule has 0 aromatic carbocycles. The van der Waals surface area contributed by atoms with Crippen molar-refractivity contribution in [1.82, 2.24) is 0 Å². The minimum Gasteiger partial charge on any atom is -0.481 e. The van der Waals surface area contributed by atoms with Crippen molar-refractivity contribution >= 4 is 23.9 Å². The molecule has 8 nitrogen and oxygen atoms in total. The molecule has 2 saturated carbocycles. The van der Waals surface area contributed by atoms with E-state index in [0.717, 1.165) is 0 Å². The molecule has 0 bridgehead atoms. The van der Waals surface area contributed by atoms with Crippen molar-refractivity contribution in [2.75, 3.05) is 0 Å². The van der Waals surface area contributed by atoms with Gasteiger partial charge in [-0.2, -0.15) is 0 Å². The van der Waals surface area contributed by atoms with Crippen LogP contribution in [0.15, 0.2) is 0 Å². The third-order valence-corrected chi connectivity index (χ3v) is 4.19. The van der Waals surface area contributed by atoms with Gasteiger partial charge in [0.1, 0.15) is 0 Å². The van der Waals surface area contributed by atoms with Crippen LogP contribution >= 0.6 is 0 Å². The van der Waals surface area contributed by atoms with E-state index in [-0.39, 0.29) is 0 Å². The van der Waals surface area contributed by atoms with Crippen molar-refractivity contribution in [3.05, 3.63) is 0 Å². The van der Waals surface area contributed by atoms with Gasteiger partial charge in [0.25, 0.3) is 0 Å². The number of carboxylic acid groups (broad SMARTS) is 4. The molecule has 0 spiro atoms. The Morgan fingerprint density at radius 1 is 0.789 bits per heavy atom. The van der Waals surface area contributed by atoms with Gasteiger partial charge in [0.05, 0.1) is 23.2 Å². The Hall–Kier alpha value is -2.12. The summed E-state index contributed by atoms with van der Waals surface area (Å²) < 4.78 is 0. The molecule has 2 unspecified atom stereocenters. The summed E-state index contributed by atoms with van der Waals surface area (Å²) in [6.45, 7) is 0. The van der Waals surface area contributed by atoms with E-state index in [1.807, 2.05) is 0 Å². The summed E-state index contributed by atoms with van der Waals surface area (Å²) in [5.74, 6) is -11.9. The molecule has 2 atom stereocenters. The zero-order chi connectivity index (χ0) is 14.5. The number of rotatable bonds is 5. The summed E-state index contributed by atoms with van der Waals surface area (Å²) in [6, 6.07) is 0. The lowest BCUT2D eigenvalue weighted by Gasteiger charge is -2.53. The van der Waals surface area contributed by atoms with E-state index in [9.17, 15) is 24.3 Å². The van der Waals surface area contributed by atoms with Gasteiger partial charge < -0.3 is 20.4 Å². The molecule has 0 amide bonds. The number of carboxylic acids is 4. The number of hydrogen-bond donors (Lipinski definition) is 4. The molecule has 0 aliphatic heterocycles. The van der Waals surface area contributed by atoms with Crippen LogP contribution < -0.4 is 0 Å². The van der Waals surface area contributed by atoms with Crippen LogP contribution in [0.2, 0.25) is 0 Å². The van der Waals surface area contributed by atoms with Crippen LogP contribution in [-0.2, 0) is 19.2 Å². The van der Waals surface area contributed by atoms with Gasteiger partial charge in [0.2, 0.25) is 0 Å². The third kappa shape index (κ3) is 1.52. The summed E-state index contributed by atoms with van der Waals surface area (Å²) >= 11 is 0. The molecule has 2 aliphatic rings. The maximum Gasteiger partial charge on any atom is 0.311 e. The van der Waals surface area contributed by atoms with E-state index >= 15 is 0 Å². The first kappa shape index (κ1) is 13.3. The molecule has 104 valence electrons. The maximum absolute atomic E-state index is 11.5. The highest BCUT2D eigenvalue weighted by atomic mass is 16.4. The van der Waals surface area contributed by atoms with Gasteiger partial charge in [0, 0.05) is 0 Å². The normalized spacial score (nSPS) is 37.2. The van der Waals surface area contributed by atoms with Gasteiger partial charge in [-0.3, -0.25) is 19.2 Å². The van der Waals surface area contributed by atoms with Crippen LogP contribution in [0, 0.1) is 29.1 Å². The molecular weight excluding hydrogens is 260 g/mol. The average Bonchev–Trinajstić information content (AvgIpc) is 2.97. The Morgan fingerprint density at radius 3 is 1.42 bits per heavy atom. The second-order valence-corrected chi connectivity index (χ2v) is 5.01. The lowest BCUT2D eigenvalue weighted by atomic mass is 9.44. The summed E-state index contributed by atoms with van der Waals surface area (Å²) in [5, 5.41) is 36.5. The molecule has 4 N–H and O–H groups in total. The summed E-state index contributed by atoms with van der Waals surface area (Å²) in [6.07, 6.45) is 0.818. The minimum atomic E-state index is -2.00. The Balaban J connectivity index is 2.54. The van der Waals surface area contributed by atoms with E-state index in [1.165, 1.54) is 0 Å². The Bertz CT molecular complexity index is 455. The molecule has 8 heteroatoms.